The van der Waals surface area contributed by atoms with E-state index in [4.69, 9.17) is 14.2 Å². The number of hydrogen-bond acceptors (Lipinski definition) is 5. The molecule has 30 heavy (non-hydrogen) atoms. The summed E-state index contributed by atoms with van der Waals surface area (Å²) in [5, 5.41) is 3.65. The van der Waals surface area contributed by atoms with Crippen LogP contribution in [0, 0.1) is 5.92 Å². The second-order valence-corrected chi connectivity index (χ2v) is 10.6. The molecule has 170 valence electrons. The van der Waals surface area contributed by atoms with Gasteiger partial charge in [-0.15, -0.1) is 0 Å². The lowest BCUT2D eigenvalue weighted by Gasteiger charge is -2.46. The number of benzene rings is 1. The van der Waals surface area contributed by atoms with Crippen molar-refractivity contribution in [1.82, 2.24) is 5.32 Å². The van der Waals surface area contributed by atoms with Crippen LogP contribution in [0.3, 0.4) is 0 Å². The van der Waals surface area contributed by atoms with E-state index in [1.807, 2.05) is 42.1 Å². The summed E-state index contributed by atoms with van der Waals surface area (Å²) in [5.41, 5.74) is 0.984. The maximum absolute atomic E-state index is 12.5. The number of amides is 1. The summed E-state index contributed by atoms with van der Waals surface area (Å²) >= 11 is 1.91. The number of carbonyl (C=O) groups is 1. The Balaban J connectivity index is 2.03. The van der Waals surface area contributed by atoms with Crippen molar-refractivity contribution in [2.75, 3.05) is 5.75 Å². The lowest BCUT2D eigenvalue weighted by atomic mass is 9.81. The van der Waals surface area contributed by atoms with Gasteiger partial charge < -0.3 is 19.5 Å². The topological polar surface area (TPSA) is 56.8 Å². The molecule has 1 N–H and O–H groups in total. The number of carbonyl (C=O) groups excluding carboxylic acids is 1. The van der Waals surface area contributed by atoms with Crippen LogP contribution in [0.1, 0.15) is 66.4 Å². The minimum atomic E-state index is -0.587. The summed E-state index contributed by atoms with van der Waals surface area (Å²) in [6, 6.07) is 9.81. The molecule has 1 saturated carbocycles. The molecule has 0 aliphatic heterocycles. The normalized spacial score (nSPS) is 21.2. The van der Waals surface area contributed by atoms with Crippen LogP contribution in [-0.4, -0.2) is 41.1 Å². The Morgan fingerprint density at radius 3 is 2.30 bits per heavy atom. The molecule has 1 aromatic rings. The van der Waals surface area contributed by atoms with Crippen molar-refractivity contribution < 1.29 is 19.0 Å². The maximum Gasteiger partial charge on any atom is 0.407 e. The summed E-state index contributed by atoms with van der Waals surface area (Å²) in [7, 11) is 0. The molecule has 1 aromatic carbocycles. The minimum Gasteiger partial charge on any atom is -0.445 e. The first-order valence-electron chi connectivity index (χ1n) is 11.1. The third-order valence-electron chi connectivity index (χ3n) is 5.04. The zero-order valence-corrected chi connectivity index (χ0v) is 20.2. The zero-order valence-electron chi connectivity index (χ0n) is 19.4. The number of hydrogen-bond donors (Lipinski definition) is 1. The van der Waals surface area contributed by atoms with Crippen molar-refractivity contribution in [3.05, 3.63) is 35.9 Å². The molecule has 0 bridgehead atoms. The predicted octanol–water partition coefficient (Wildman–Crippen LogP) is 5.77. The summed E-state index contributed by atoms with van der Waals surface area (Å²) in [5.74, 6) is 0.621. The molecule has 0 saturated heterocycles. The Kier molecular flexibility index (Phi) is 9.98. The number of nitrogens with one attached hydrogen (secondary N) is 1. The standard InChI is InChI=1S/C24H39NO4S/c1-17(2)28-24(29-18(3)4)13-12-22(21(14-24)16-30-19(5)6)25-23(26)27-15-20-10-8-7-9-11-20/h7-11,17-19,21-22H,12-16H2,1-6H3,(H,25,26)/t21-,22-/m0/s1. The SMILES string of the molecule is CC(C)OC1(OC(C)C)CC[C@H](NC(=O)OCc2ccccc2)[C@H](CSC(C)C)C1. The van der Waals surface area contributed by atoms with Crippen molar-refractivity contribution in [2.24, 2.45) is 5.92 Å². The molecule has 1 aliphatic rings. The predicted molar refractivity (Wildman–Crippen MR) is 124 cm³/mol. The van der Waals surface area contributed by atoms with Crippen LogP contribution in [0.4, 0.5) is 4.79 Å². The van der Waals surface area contributed by atoms with Crippen LogP contribution in [-0.2, 0) is 20.8 Å². The van der Waals surface area contributed by atoms with Gasteiger partial charge in [-0.25, -0.2) is 4.79 Å². The Bertz CT molecular complexity index is 625. The van der Waals surface area contributed by atoms with Crippen LogP contribution in [0.15, 0.2) is 30.3 Å². The lowest BCUT2D eigenvalue weighted by molar-refractivity contribution is -0.288. The molecule has 1 fully saturated rings. The maximum atomic E-state index is 12.5. The van der Waals surface area contributed by atoms with E-state index in [1.165, 1.54) is 0 Å². The van der Waals surface area contributed by atoms with E-state index in [0.717, 1.165) is 30.6 Å². The fourth-order valence-corrected chi connectivity index (χ4v) is 4.94. The molecular formula is C24H39NO4S. The number of alkyl carbamates (subject to hydrolysis) is 1. The third kappa shape index (κ3) is 8.48. The smallest absolute Gasteiger partial charge is 0.407 e. The number of thioether (sulfide) groups is 1. The second kappa shape index (κ2) is 12.0. The highest BCUT2D eigenvalue weighted by Crippen LogP contribution is 2.40. The average molecular weight is 438 g/mol. The van der Waals surface area contributed by atoms with E-state index in [0.29, 0.717) is 5.25 Å². The molecule has 5 nitrogen and oxygen atoms in total. The monoisotopic (exact) mass is 437 g/mol. The van der Waals surface area contributed by atoms with E-state index in [9.17, 15) is 4.79 Å². The highest BCUT2D eigenvalue weighted by atomic mass is 32.2. The van der Waals surface area contributed by atoms with E-state index < -0.39 is 5.79 Å². The fourth-order valence-electron chi connectivity index (χ4n) is 3.95. The summed E-state index contributed by atoms with van der Waals surface area (Å²) < 4.78 is 18.1. The Morgan fingerprint density at radius 1 is 1.10 bits per heavy atom. The molecule has 2 atom stereocenters. The van der Waals surface area contributed by atoms with Gasteiger partial charge in [0.15, 0.2) is 5.79 Å². The fraction of sp³-hybridized carbons (Fsp3) is 0.708. The Morgan fingerprint density at radius 2 is 1.73 bits per heavy atom. The van der Waals surface area contributed by atoms with Crippen molar-refractivity contribution in [2.45, 2.75) is 96.7 Å². The molecule has 6 heteroatoms. The van der Waals surface area contributed by atoms with Gasteiger partial charge in [0.05, 0.1) is 12.2 Å². The van der Waals surface area contributed by atoms with Gasteiger partial charge in [-0.05, 0) is 56.6 Å². The quantitative estimate of drug-likeness (QED) is 0.471. The Hall–Kier alpha value is -1.24. The first-order chi connectivity index (χ1) is 14.2. The molecule has 2 rings (SSSR count). The van der Waals surface area contributed by atoms with Crippen molar-refractivity contribution in [1.29, 1.82) is 0 Å². The van der Waals surface area contributed by atoms with Crippen molar-refractivity contribution in [3.63, 3.8) is 0 Å². The summed E-state index contributed by atoms with van der Waals surface area (Å²) in [4.78, 5) is 12.5. The molecule has 0 spiro atoms. The van der Waals surface area contributed by atoms with Gasteiger partial charge in [-0.3, -0.25) is 0 Å². The number of rotatable bonds is 10. The third-order valence-corrected chi connectivity index (χ3v) is 6.33. The molecule has 0 radical (unpaired) electrons. The molecular weight excluding hydrogens is 398 g/mol. The molecule has 1 aliphatic carbocycles. The van der Waals surface area contributed by atoms with Gasteiger partial charge in [0.25, 0.3) is 0 Å². The minimum absolute atomic E-state index is 0.0548. The van der Waals surface area contributed by atoms with Crippen molar-refractivity contribution in [3.8, 4) is 0 Å². The first-order valence-corrected chi connectivity index (χ1v) is 12.2. The lowest BCUT2D eigenvalue weighted by Crippen LogP contribution is -2.53. The van der Waals surface area contributed by atoms with E-state index in [-0.39, 0.29) is 36.9 Å². The molecule has 1 amide bonds. The molecule has 0 unspecified atom stereocenters. The molecule has 0 aromatic heterocycles. The average Bonchev–Trinajstić information content (AvgIpc) is 2.66. The van der Waals surface area contributed by atoms with Gasteiger partial charge in [0.1, 0.15) is 6.61 Å². The summed E-state index contributed by atoms with van der Waals surface area (Å²) in [6.07, 6.45) is 2.15. The van der Waals surface area contributed by atoms with Gasteiger partial charge in [0, 0.05) is 18.9 Å². The van der Waals surface area contributed by atoms with Crippen LogP contribution in [0.5, 0.6) is 0 Å². The Labute approximate surface area is 186 Å². The highest BCUT2D eigenvalue weighted by Gasteiger charge is 2.44. The number of ether oxygens (including phenoxy) is 3. The largest absolute Gasteiger partial charge is 0.445 e. The zero-order chi connectivity index (χ0) is 22.1. The highest BCUT2D eigenvalue weighted by molar-refractivity contribution is 7.99. The van der Waals surface area contributed by atoms with Crippen LogP contribution in [0.25, 0.3) is 0 Å². The molecule has 0 heterocycles. The second-order valence-electron chi connectivity index (χ2n) is 8.94. The van der Waals surface area contributed by atoms with Gasteiger partial charge in [-0.2, -0.15) is 11.8 Å². The van der Waals surface area contributed by atoms with Crippen LogP contribution in [0.2, 0.25) is 0 Å². The van der Waals surface area contributed by atoms with Crippen molar-refractivity contribution >= 4 is 17.9 Å². The van der Waals surface area contributed by atoms with Gasteiger partial charge in [0.2, 0.25) is 0 Å². The first kappa shape index (κ1) is 25.0. The van der Waals surface area contributed by atoms with Crippen LogP contribution < -0.4 is 5.32 Å². The van der Waals surface area contributed by atoms with E-state index >= 15 is 0 Å². The van der Waals surface area contributed by atoms with Crippen LogP contribution >= 0.6 is 11.8 Å². The van der Waals surface area contributed by atoms with E-state index in [2.05, 4.69) is 46.9 Å². The van der Waals surface area contributed by atoms with E-state index in [1.54, 1.807) is 0 Å². The summed E-state index contributed by atoms with van der Waals surface area (Å²) in [6.45, 7) is 12.9. The van der Waals surface area contributed by atoms with Gasteiger partial charge >= 0.3 is 6.09 Å². The van der Waals surface area contributed by atoms with Gasteiger partial charge in [-0.1, -0.05) is 44.2 Å².